The fourth-order valence-electron chi connectivity index (χ4n) is 1.33. The molecule has 2 aromatic rings. The van der Waals surface area contributed by atoms with Crippen LogP contribution in [0.4, 0.5) is 5.82 Å². The Kier molecular flexibility index (Phi) is 1.54. The first kappa shape index (κ1) is 7.55. The summed E-state index contributed by atoms with van der Waals surface area (Å²) in [4.78, 5) is 4.26. The first-order chi connectivity index (χ1) is 5.70. The van der Waals surface area contributed by atoms with Gasteiger partial charge in [0.1, 0.15) is 5.82 Å². The lowest BCUT2D eigenvalue weighted by Crippen LogP contribution is -1.95. The first-order valence-electron chi connectivity index (χ1n) is 3.80. The minimum absolute atomic E-state index is 0.655. The van der Waals surface area contributed by atoms with Crippen LogP contribution in [0.2, 0.25) is 0 Å². The maximum atomic E-state index is 5.74. The van der Waals surface area contributed by atoms with E-state index in [0.717, 1.165) is 11.3 Å². The molecular weight excluding hydrogens is 168 g/mol. The fraction of sp³-hybridized carbons (Fsp3) is 0.222. The number of hydrogen-bond acceptors (Lipinski definition) is 3. The van der Waals surface area contributed by atoms with Crippen LogP contribution in [0.1, 0.15) is 11.3 Å². The van der Waals surface area contributed by atoms with Gasteiger partial charge in [0.05, 0.1) is 0 Å². The van der Waals surface area contributed by atoms with Gasteiger partial charge >= 0.3 is 0 Å². The van der Waals surface area contributed by atoms with Crippen LogP contribution in [0.15, 0.2) is 11.4 Å². The number of pyridine rings is 1. The Morgan fingerprint density at radius 1 is 1.42 bits per heavy atom. The van der Waals surface area contributed by atoms with Crippen molar-refractivity contribution in [2.45, 2.75) is 13.8 Å². The number of nitrogens with two attached hydrogens (primary N) is 1. The van der Waals surface area contributed by atoms with Gasteiger partial charge in [0, 0.05) is 21.3 Å². The van der Waals surface area contributed by atoms with Crippen LogP contribution in [0.3, 0.4) is 0 Å². The molecule has 0 aliphatic heterocycles. The van der Waals surface area contributed by atoms with Gasteiger partial charge < -0.3 is 5.73 Å². The smallest absolute Gasteiger partial charge is 0.128 e. The van der Waals surface area contributed by atoms with E-state index in [-0.39, 0.29) is 0 Å². The average Bonchev–Trinajstić information content (AvgIpc) is 2.48. The number of thiophene rings is 1. The number of aryl methyl sites for hydroxylation is 2. The third-order valence-electron chi connectivity index (χ3n) is 2.07. The van der Waals surface area contributed by atoms with Crippen molar-refractivity contribution in [2.75, 3.05) is 5.73 Å². The van der Waals surface area contributed by atoms with Crippen LogP contribution >= 0.6 is 11.3 Å². The molecule has 2 N–H and O–H groups in total. The lowest BCUT2D eigenvalue weighted by molar-refractivity contribution is 1.23. The zero-order valence-corrected chi connectivity index (χ0v) is 7.90. The number of anilines is 1. The van der Waals surface area contributed by atoms with Gasteiger partial charge in [-0.3, -0.25) is 0 Å². The highest BCUT2D eigenvalue weighted by molar-refractivity contribution is 7.17. The van der Waals surface area contributed by atoms with Gasteiger partial charge in [-0.25, -0.2) is 4.98 Å². The maximum Gasteiger partial charge on any atom is 0.128 e. The van der Waals surface area contributed by atoms with E-state index in [2.05, 4.69) is 16.4 Å². The van der Waals surface area contributed by atoms with Crippen molar-refractivity contribution in [2.24, 2.45) is 0 Å². The van der Waals surface area contributed by atoms with Crippen LogP contribution in [0, 0.1) is 13.8 Å². The van der Waals surface area contributed by atoms with Crippen LogP contribution in [-0.2, 0) is 0 Å². The van der Waals surface area contributed by atoms with Crippen LogP contribution in [-0.4, -0.2) is 4.98 Å². The van der Waals surface area contributed by atoms with E-state index in [9.17, 15) is 0 Å². The molecule has 0 aliphatic carbocycles. The van der Waals surface area contributed by atoms with Crippen molar-refractivity contribution in [1.82, 2.24) is 4.98 Å². The maximum absolute atomic E-state index is 5.74. The Labute approximate surface area is 75.0 Å². The summed E-state index contributed by atoms with van der Waals surface area (Å²) in [5.74, 6) is 0.655. The monoisotopic (exact) mass is 178 g/mol. The van der Waals surface area contributed by atoms with Crippen molar-refractivity contribution in [3.05, 3.63) is 22.7 Å². The van der Waals surface area contributed by atoms with Gasteiger partial charge in [-0.2, -0.15) is 0 Å². The molecular formula is C9H10N2S. The highest BCUT2D eigenvalue weighted by Crippen LogP contribution is 2.28. The van der Waals surface area contributed by atoms with E-state index in [1.54, 1.807) is 11.3 Å². The molecule has 2 rings (SSSR count). The average molecular weight is 178 g/mol. The molecule has 62 valence electrons. The lowest BCUT2D eigenvalue weighted by Gasteiger charge is -2.02. The van der Waals surface area contributed by atoms with E-state index in [1.807, 2.05) is 13.8 Å². The quantitative estimate of drug-likeness (QED) is 0.673. The van der Waals surface area contributed by atoms with E-state index in [0.29, 0.717) is 5.82 Å². The second-order valence-electron chi connectivity index (χ2n) is 2.87. The van der Waals surface area contributed by atoms with Crippen molar-refractivity contribution >= 4 is 27.2 Å². The molecule has 0 spiro atoms. The minimum atomic E-state index is 0.655. The molecule has 2 nitrogen and oxygen atoms in total. The summed E-state index contributed by atoms with van der Waals surface area (Å²) in [6.45, 7) is 4.01. The second-order valence-corrected chi connectivity index (χ2v) is 3.79. The number of hydrogen-bond donors (Lipinski definition) is 1. The Morgan fingerprint density at radius 3 is 2.92 bits per heavy atom. The van der Waals surface area contributed by atoms with Crippen LogP contribution in [0.25, 0.3) is 10.1 Å². The molecule has 2 heterocycles. The topological polar surface area (TPSA) is 38.9 Å². The molecule has 0 amide bonds. The predicted octanol–water partition coefficient (Wildman–Crippen LogP) is 2.50. The summed E-state index contributed by atoms with van der Waals surface area (Å²) >= 11 is 1.72. The summed E-state index contributed by atoms with van der Waals surface area (Å²) in [6, 6.07) is 2.09. The molecule has 3 heteroatoms. The van der Waals surface area contributed by atoms with Gasteiger partial charge in [-0.15, -0.1) is 11.3 Å². The summed E-state index contributed by atoms with van der Waals surface area (Å²) in [5, 5.41) is 3.30. The Balaban J connectivity index is 2.97. The van der Waals surface area contributed by atoms with Gasteiger partial charge in [0.15, 0.2) is 0 Å². The normalized spacial score (nSPS) is 10.8. The molecule has 0 fully saturated rings. The molecule has 12 heavy (non-hydrogen) atoms. The standard InChI is InChI=1S/C9H10N2S/c1-5-8-7(3-4-12-8)6(2)11-9(5)10/h3-4H,1-2H3,(H2,10,11). The number of aromatic nitrogens is 1. The Bertz CT molecular complexity index is 431. The molecule has 0 saturated carbocycles. The molecule has 2 aromatic heterocycles. The molecule has 0 unspecified atom stereocenters. The minimum Gasteiger partial charge on any atom is -0.383 e. The van der Waals surface area contributed by atoms with E-state index in [4.69, 9.17) is 5.73 Å². The molecule has 0 atom stereocenters. The Hall–Kier alpha value is -1.09. The van der Waals surface area contributed by atoms with E-state index in [1.165, 1.54) is 10.1 Å². The SMILES string of the molecule is Cc1nc(N)c(C)c2sccc12. The number of nitrogens with zero attached hydrogens (tertiary/aromatic N) is 1. The van der Waals surface area contributed by atoms with Crippen molar-refractivity contribution in [3.8, 4) is 0 Å². The lowest BCUT2D eigenvalue weighted by atomic mass is 10.2. The highest BCUT2D eigenvalue weighted by Gasteiger charge is 2.06. The molecule has 0 bridgehead atoms. The number of nitrogen functional groups attached to an aromatic ring is 1. The number of fused-ring (bicyclic) bond motifs is 1. The molecule has 0 aromatic carbocycles. The third kappa shape index (κ3) is 0.898. The molecule has 0 radical (unpaired) electrons. The van der Waals surface area contributed by atoms with Gasteiger partial charge in [0.25, 0.3) is 0 Å². The summed E-state index contributed by atoms with van der Waals surface area (Å²) in [7, 11) is 0. The van der Waals surface area contributed by atoms with Crippen LogP contribution < -0.4 is 5.73 Å². The highest BCUT2D eigenvalue weighted by atomic mass is 32.1. The molecule has 0 saturated heterocycles. The van der Waals surface area contributed by atoms with Gasteiger partial charge in [-0.1, -0.05) is 0 Å². The zero-order valence-electron chi connectivity index (χ0n) is 7.09. The van der Waals surface area contributed by atoms with Gasteiger partial charge in [-0.05, 0) is 25.3 Å². The Morgan fingerprint density at radius 2 is 2.17 bits per heavy atom. The third-order valence-corrected chi connectivity index (χ3v) is 3.10. The van der Waals surface area contributed by atoms with Crippen molar-refractivity contribution in [3.63, 3.8) is 0 Å². The predicted molar refractivity (Wildman–Crippen MR) is 53.5 cm³/mol. The zero-order chi connectivity index (χ0) is 8.72. The van der Waals surface area contributed by atoms with E-state index < -0.39 is 0 Å². The van der Waals surface area contributed by atoms with Crippen molar-refractivity contribution in [1.29, 1.82) is 0 Å². The second kappa shape index (κ2) is 2.45. The first-order valence-corrected chi connectivity index (χ1v) is 4.68. The summed E-state index contributed by atoms with van der Waals surface area (Å²) in [6.07, 6.45) is 0. The fourth-order valence-corrected chi connectivity index (χ4v) is 2.29. The van der Waals surface area contributed by atoms with Crippen molar-refractivity contribution < 1.29 is 0 Å². The van der Waals surface area contributed by atoms with Crippen LogP contribution in [0.5, 0.6) is 0 Å². The van der Waals surface area contributed by atoms with E-state index >= 15 is 0 Å². The van der Waals surface area contributed by atoms with Gasteiger partial charge in [0.2, 0.25) is 0 Å². The molecule has 0 aliphatic rings. The number of rotatable bonds is 0. The summed E-state index contributed by atoms with van der Waals surface area (Å²) < 4.78 is 1.26. The summed E-state index contributed by atoms with van der Waals surface area (Å²) in [5.41, 5.74) is 7.87. The largest absolute Gasteiger partial charge is 0.383 e.